The maximum Gasteiger partial charge on any atom is 0.407 e. The zero-order chi connectivity index (χ0) is 22.0. The number of hydrogen-bond donors (Lipinski definition) is 2. The summed E-state index contributed by atoms with van der Waals surface area (Å²) in [5.41, 5.74) is 3.18. The number of imidazole rings is 1. The van der Waals surface area contributed by atoms with Crippen LogP contribution >= 0.6 is 0 Å². The number of carbonyl (C=O) groups excluding carboxylic acids is 1. The van der Waals surface area contributed by atoms with Gasteiger partial charge in [0, 0.05) is 24.0 Å². The van der Waals surface area contributed by atoms with E-state index in [1.807, 2.05) is 37.3 Å². The maximum atomic E-state index is 12.8. The molecule has 0 spiro atoms. The van der Waals surface area contributed by atoms with E-state index >= 15 is 0 Å². The van der Waals surface area contributed by atoms with Crippen molar-refractivity contribution < 1.29 is 19.2 Å². The highest BCUT2D eigenvalue weighted by atomic mass is 16.5. The molecule has 0 atom stereocenters. The number of pyridine rings is 1. The monoisotopic (exact) mass is 420 g/mol. The van der Waals surface area contributed by atoms with Gasteiger partial charge in [-0.3, -0.25) is 14.1 Å². The van der Waals surface area contributed by atoms with Gasteiger partial charge in [-0.05, 0) is 37.6 Å². The number of rotatable bonds is 6. The van der Waals surface area contributed by atoms with Crippen LogP contribution in [0.5, 0.6) is 0 Å². The molecule has 0 bridgehead atoms. The fraction of sp³-hybridized carbons (Fsp3) is 0.190. The Labute approximate surface area is 177 Å². The van der Waals surface area contributed by atoms with Crippen molar-refractivity contribution >= 4 is 23.3 Å². The van der Waals surface area contributed by atoms with Crippen LogP contribution in [0, 0.1) is 6.92 Å². The summed E-state index contributed by atoms with van der Waals surface area (Å²) in [6.45, 7) is 3.91. The molecule has 1 aromatic carbocycles. The zero-order valence-electron chi connectivity index (χ0n) is 16.9. The molecule has 2 N–H and O–H groups in total. The molecule has 2 amide bonds. The van der Waals surface area contributed by atoms with Crippen LogP contribution in [0.25, 0.3) is 17.0 Å². The molecule has 0 radical (unpaired) electrons. The van der Waals surface area contributed by atoms with Crippen LogP contribution in [0.1, 0.15) is 28.9 Å². The van der Waals surface area contributed by atoms with Crippen LogP contribution in [-0.2, 0) is 6.54 Å². The van der Waals surface area contributed by atoms with Crippen molar-refractivity contribution in [3.8, 4) is 11.4 Å². The molecule has 4 rings (SSSR count). The fourth-order valence-electron chi connectivity index (χ4n) is 3.10. The van der Waals surface area contributed by atoms with Gasteiger partial charge in [-0.25, -0.2) is 9.78 Å². The molecule has 10 nitrogen and oxygen atoms in total. The minimum absolute atomic E-state index is 0.00255. The van der Waals surface area contributed by atoms with Gasteiger partial charge in [0.2, 0.25) is 11.7 Å². The lowest BCUT2D eigenvalue weighted by molar-refractivity contribution is 0.102. The van der Waals surface area contributed by atoms with Crippen LogP contribution < -0.4 is 5.32 Å². The van der Waals surface area contributed by atoms with Gasteiger partial charge in [0.15, 0.2) is 0 Å². The Balaban J connectivity index is 1.56. The topological polar surface area (TPSA) is 126 Å². The molecule has 0 saturated carbocycles. The van der Waals surface area contributed by atoms with Crippen molar-refractivity contribution in [2.45, 2.75) is 20.4 Å². The summed E-state index contributed by atoms with van der Waals surface area (Å²) < 4.78 is 6.91. The van der Waals surface area contributed by atoms with E-state index in [2.05, 4.69) is 20.4 Å². The molecule has 0 aliphatic heterocycles. The summed E-state index contributed by atoms with van der Waals surface area (Å²) in [4.78, 5) is 33.7. The van der Waals surface area contributed by atoms with Crippen LogP contribution in [-0.4, -0.2) is 48.1 Å². The van der Waals surface area contributed by atoms with Gasteiger partial charge < -0.3 is 14.9 Å². The van der Waals surface area contributed by atoms with E-state index in [1.54, 1.807) is 23.6 Å². The molecule has 158 valence electrons. The average Bonchev–Trinajstić information content (AvgIpc) is 3.40. The van der Waals surface area contributed by atoms with E-state index in [0.717, 1.165) is 10.5 Å². The smallest absolute Gasteiger partial charge is 0.407 e. The number of carboxylic acid groups (broad SMARTS) is 1. The second-order valence-electron chi connectivity index (χ2n) is 6.86. The Kier molecular flexibility index (Phi) is 5.35. The van der Waals surface area contributed by atoms with Gasteiger partial charge in [-0.15, -0.1) is 0 Å². The standard InChI is InChI=1S/C21H20N6O4/c1-3-26(21(29)30)12-18-24-19(25-31-18)14-8-7-13(2)15(10-14)23-20(28)16-11-22-17-6-4-5-9-27(16)17/h4-11H,3,12H2,1-2H3,(H,23,28)(H,29,30). The van der Waals surface area contributed by atoms with Crippen molar-refractivity contribution in [1.29, 1.82) is 0 Å². The lowest BCUT2D eigenvalue weighted by Crippen LogP contribution is -2.28. The molecule has 10 heteroatoms. The number of benzene rings is 1. The highest BCUT2D eigenvalue weighted by Crippen LogP contribution is 2.24. The summed E-state index contributed by atoms with van der Waals surface area (Å²) in [6, 6.07) is 10.9. The molecule has 0 unspecified atom stereocenters. The normalized spacial score (nSPS) is 10.9. The number of nitrogens with zero attached hydrogens (tertiary/aromatic N) is 5. The summed E-state index contributed by atoms with van der Waals surface area (Å²) >= 11 is 0. The third kappa shape index (κ3) is 4.08. The molecule has 0 fully saturated rings. The van der Waals surface area contributed by atoms with Crippen molar-refractivity contribution in [1.82, 2.24) is 24.4 Å². The van der Waals surface area contributed by atoms with Gasteiger partial charge in [-0.2, -0.15) is 4.98 Å². The second kappa shape index (κ2) is 8.27. The van der Waals surface area contributed by atoms with Crippen molar-refractivity contribution in [3.05, 3.63) is 65.9 Å². The maximum absolute atomic E-state index is 12.8. The molecule has 31 heavy (non-hydrogen) atoms. The molecule has 3 heterocycles. The van der Waals surface area contributed by atoms with Crippen LogP contribution in [0.2, 0.25) is 0 Å². The fourth-order valence-corrected chi connectivity index (χ4v) is 3.10. The Hall–Kier alpha value is -4.21. The SMILES string of the molecule is CCN(Cc1nc(-c2ccc(C)c(NC(=O)c3cnc4ccccn34)c2)no1)C(=O)O. The molecular weight excluding hydrogens is 400 g/mol. The van der Waals surface area contributed by atoms with Gasteiger partial charge in [-0.1, -0.05) is 23.4 Å². The minimum Gasteiger partial charge on any atom is -0.465 e. The van der Waals surface area contributed by atoms with E-state index in [1.165, 1.54) is 6.20 Å². The van der Waals surface area contributed by atoms with Crippen molar-refractivity contribution in [2.75, 3.05) is 11.9 Å². The molecular formula is C21H20N6O4. The number of carbonyl (C=O) groups is 2. The summed E-state index contributed by atoms with van der Waals surface area (Å²) in [7, 11) is 0. The largest absolute Gasteiger partial charge is 0.465 e. The molecule has 0 saturated heterocycles. The minimum atomic E-state index is -1.06. The average molecular weight is 420 g/mol. The summed E-state index contributed by atoms with van der Waals surface area (Å²) in [6.07, 6.45) is 2.24. The Morgan fingerprint density at radius 2 is 2.10 bits per heavy atom. The lowest BCUT2D eigenvalue weighted by Gasteiger charge is -2.13. The summed E-state index contributed by atoms with van der Waals surface area (Å²) in [5, 5.41) is 16.0. The first kappa shape index (κ1) is 20.1. The van der Waals surface area contributed by atoms with Gasteiger partial charge >= 0.3 is 6.09 Å². The molecule has 0 aliphatic carbocycles. The van der Waals surface area contributed by atoms with E-state index in [0.29, 0.717) is 35.0 Å². The Morgan fingerprint density at radius 3 is 2.87 bits per heavy atom. The van der Waals surface area contributed by atoms with Gasteiger partial charge in [0.05, 0.1) is 6.20 Å². The number of fused-ring (bicyclic) bond motifs is 1. The number of nitrogens with one attached hydrogen (secondary N) is 1. The first-order valence-electron chi connectivity index (χ1n) is 9.61. The van der Waals surface area contributed by atoms with Gasteiger partial charge in [0.25, 0.3) is 5.91 Å². The molecule has 0 aliphatic rings. The number of aromatic nitrogens is 4. The Morgan fingerprint density at radius 1 is 1.26 bits per heavy atom. The molecule has 4 aromatic rings. The van der Waals surface area contributed by atoms with E-state index in [9.17, 15) is 9.59 Å². The zero-order valence-corrected chi connectivity index (χ0v) is 16.9. The van der Waals surface area contributed by atoms with Crippen LogP contribution in [0.4, 0.5) is 10.5 Å². The molecule has 3 aromatic heterocycles. The van der Waals surface area contributed by atoms with Crippen molar-refractivity contribution in [2.24, 2.45) is 0 Å². The second-order valence-corrected chi connectivity index (χ2v) is 6.86. The van der Waals surface area contributed by atoms with Crippen molar-refractivity contribution in [3.63, 3.8) is 0 Å². The quantitative estimate of drug-likeness (QED) is 0.489. The number of hydrogen-bond acceptors (Lipinski definition) is 6. The predicted molar refractivity (Wildman–Crippen MR) is 112 cm³/mol. The third-order valence-electron chi connectivity index (χ3n) is 4.84. The first-order valence-corrected chi connectivity index (χ1v) is 9.61. The van der Waals surface area contributed by atoms with E-state index in [4.69, 9.17) is 9.63 Å². The highest BCUT2D eigenvalue weighted by Gasteiger charge is 2.17. The number of anilines is 1. The van der Waals surface area contributed by atoms with Gasteiger partial charge in [0.1, 0.15) is 17.9 Å². The third-order valence-corrected chi connectivity index (χ3v) is 4.84. The van der Waals surface area contributed by atoms with E-state index in [-0.39, 0.29) is 18.3 Å². The Bertz CT molecular complexity index is 1260. The summed E-state index contributed by atoms with van der Waals surface area (Å²) in [5.74, 6) is 0.200. The van der Waals surface area contributed by atoms with E-state index < -0.39 is 6.09 Å². The number of amides is 2. The predicted octanol–water partition coefficient (Wildman–Crippen LogP) is 3.44. The van der Waals surface area contributed by atoms with Crippen LogP contribution in [0.15, 0.2) is 53.3 Å². The lowest BCUT2D eigenvalue weighted by atomic mass is 10.1. The van der Waals surface area contributed by atoms with Crippen LogP contribution in [0.3, 0.4) is 0 Å². The number of aryl methyl sites for hydroxylation is 1. The highest BCUT2D eigenvalue weighted by molar-refractivity contribution is 6.04. The first-order chi connectivity index (χ1) is 15.0.